The van der Waals surface area contributed by atoms with E-state index >= 15 is 0 Å². The van der Waals surface area contributed by atoms with Gasteiger partial charge in [0.05, 0.1) is 10.6 Å². The van der Waals surface area contributed by atoms with Crippen LogP contribution in [0.5, 0.6) is 0 Å². The topological polar surface area (TPSA) is 54.5 Å². The van der Waals surface area contributed by atoms with E-state index in [1.54, 1.807) is 42.5 Å². The SMILES string of the molecule is Cc1ccc(S(=O)(=O)N2C[C@H](Cc3ccccc3)c3c(C=O)cccc32)cc1. The Balaban J connectivity index is 1.78. The fraction of sp³-hybridized carbons (Fsp3) is 0.174. The molecule has 0 fully saturated rings. The van der Waals surface area contributed by atoms with Crippen LogP contribution >= 0.6 is 0 Å². The first-order valence-corrected chi connectivity index (χ1v) is 10.7. The summed E-state index contributed by atoms with van der Waals surface area (Å²) >= 11 is 0. The lowest BCUT2D eigenvalue weighted by molar-refractivity contribution is 0.112. The molecule has 0 radical (unpaired) electrons. The third-order valence-corrected chi connectivity index (χ3v) is 7.03. The Kier molecular flexibility index (Phi) is 4.77. The summed E-state index contributed by atoms with van der Waals surface area (Å²) in [6.07, 6.45) is 1.50. The first kappa shape index (κ1) is 18.4. The van der Waals surface area contributed by atoms with E-state index in [0.29, 0.717) is 24.2 Å². The number of nitrogens with zero attached hydrogens (tertiary/aromatic N) is 1. The van der Waals surface area contributed by atoms with Gasteiger partial charge in [-0.2, -0.15) is 0 Å². The maximum absolute atomic E-state index is 13.3. The molecule has 1 aliphatic heterocycles. The standard InChI is InChI=1S/C23H21NO3S/c1-17-10-12-21(13-11-17)28(26,27)24-15-20(14-18-6-3-2-4-7-18)23-19(16-25)8-5-9-22(23)24/h2-13,16,20H,14-15H2,1H3/t20-/m0/s1. The summed E-state index contributed by atoms with van der Waals surface area (Å²) in [5, 5.41) is 0. The monoisotopic (exact) mass is 391 g/mol. The molecule has 4 rings (SSSR count). The number of hydrogen-bond acceptors (Lipinski definition) is 3. The van der Waals surface area contributed by atoms with E-state index in [9.17, 15) is 13.2 Å². The lowest BCUT2D eigenvalue weighted by Gasteiger charge is -2.20. The maximum atomic E-state index is 13.3. The van der Waals surface area contributed by atoms with Crippen LogP contribution in [0.2, 0.25) is 0 Å². The Morgan fingerprint density at radius 1 is 0.964 bits per heavy atom. The van der Waals surface area contributed by atoms with Gasteiger partial charge in [0.25, 0.3) is 10.0 Å². The molecule has 1 heterocycles. The quantitative estimate of drug-likeness (QED) is 0.608. The van der Waals surface area contributed by atoms with Crippen LogP contribution in [0.4, 0.5) is 5.69 Å². The first-order valence-electron chi connectivity index (χ1n) is 9.22. The van der Waals surface area contributed by atoms with E-state index in [1.807, 2.05) is 37.3 Å². The summed E-state index contributed by atoms with van der Waals surface area (Å²) in [4.78, 5) is 11.9. The van der Waals surface area contributed by atoms with Crippen LogP contribution in [-0.4, -0.2) is 21.2 Å². The molecule has 0 spiro atoms. The molecule has 0 saturated heterocycles. The third kappa shape index (κ3) is 3.22. The van der Waals surface area contributed by atoms with Gasteiger partial charge in [0.2, 0.25) is 0 Å². The molecule has 3 aromatic carbocycles. The fourth-order valence-corrected chi connectivity index (χ4v) is 5.38. The van der Waals surface area contributed by atoms with Crippen molar-refractivity contribution in [3.63, 3.8) is 0 Å². The Hall–Kier alpha value is -2.92. The molecule has 142 valence electrons. The molecule has 1 atom stereocenters. The maximum Gasteiger partial charge on any atom is 0.264 e. The van der Waals surface area contributed by atoms with Crippen molar-refractivity contribution >= 4 is 22.0 Å². The minimum Gasteiger partial charge on any atom is -0.298 e. The molecule has 0 saturated carbocycles. The van der Waals surface area contributed by atoms with Crippen molar-refractivity contribution in [1.29, 1.82) is 0 Å². The highest BCUT2D eigenvalue weighted by molar-refractivity contribution is 7.92. The Morgan fingerprint density at radius 2 is 1.68 bits per heavy atom. The highest BCUT2D eigenvalue weighted by Gasteiger charge is 2.37. The van der Waals surface area contributed by atoms with Gasteiger partial charge < -0.3 is 0 Å². The lowest BCUT2D eigenvalue weighted by Crippen LogP contribution is -2.30. The molecule has 3 aromatic rings. The highest BCUT2D eigenvalue weighted by atomic mass is 32.2. The fourth-order valence-electron chi connectivity index (χ4n) is 3.86. The molecule has 5 heteroatoms. The van der Waals surface area contributed by atoms with Crippen molar-refractivity contribution in [2.24, 2.45) is 0 Å². The minimum atomic E-state index is -3.70. The second kappa shape index (κ2) is 7.24. The van der Waals surface area contributed by atoms with Crippen molar-refractivity contribution in [1.82, 2.24) is 0 Å². The molecule has 0 N–H and O–H groups in total. The van der Waals surface area contributed by atoms with Crippen molar-refractivity contribution < 1.29 is 13.2 Å². The summed E-state index contributed by atoms with van der Waals surface area (Å²) in [6, 6.07) is 22.1. The van der Waals surface area contributed by atoms with Crippen LogP contribution in [-0.2, 0) is 16.4 Å². The number of benzene rings is 3. The Morgan fingerprint density at radius 3 is 2.36 bits per heavy atom. The number of hydrogen-bond donors (Lipinski definition) is 0. The van der Waals surface area contributed by atoms with Gasteiger partial charge in [0.15, 0.2) is 0 Å². The van der Waals surface area contributed by atoms with E-state index in [2.05, 4.69) is 0 Å². The number of fused-ring (bicyclic) bond motifs is 1. The van der Waals surface area contributed by atoms with Crippen molar-refractivity contribution in [2.75, 3.05) is 10.8 Å². The molecule has 0 bridgehead atoms. The zero-order chi connectivity index (χ0) is 19.7. The molecule has 4 nitrogen and oxygen atoms in total. The van der Waals surface area contributed by atoms with Crippen molar-refractivity contribution in [3.05, 3.63) is 95.1 Å². The summed E-state index contributed by atoms with van der Waals surface area (Å²) < 4.78 is 28.1. The third-order valence-electron chi connectivity index (χ3n) is 5.24. The summed E-state index contributed by atoms with van der Waals surface area (Å²) in [6.45, 7) is 2.25. The van der Waals surface area contributed by atoms with Crippen molar-refractivity contribution in [3.8, 4) is 0 Å². The van der Waals surface area contributed by atoms with E-state index in [4.69, 9.17) is 0 Å². The lowest BCUT2D eigenvalue weighted by atomic mass is 9.91. The average molecular weight is 391 g/mol. The van der Waals surface area contributed by atoms with E-state index in [-0.39, 0.29) is 10.8 Å². The number of carbonyl (C=O) groups excluding carboxylic acids is 1. The van der Waals surface area contributed by atoms with Crippen LogP contribution < -0.4 is 4.31 Å². The van der Waals surface area contributed by atoms with Gasteiger partial charge in [-0.15, -0.1) is 0 Å². The minimum absolute atomic E-state index is 0.0703. The summed E-state index contributed by atoms with van der Waals surface area (Å²) in [5.41, 5.74) is 4.10. The van der Waals surface area contributed by atoms with Crippen molar-refractivity contribution in [2.45, 2.75) is 24.2 Å². The Labute approximate surface area is 165 Å². The van der Waals surface area contributed by atoms with Gasteiger partial charge in [-0.3, -0.25) is 9.10 Å². The van der Waals surface area contributed by atoms with Crippen LogP contribution in [0.25, 0.3) is 0 Å². The molecule has 0 unspecified atom stereocenters. The predicted octanol–water partition coefficient (Wildman–Crippen LogP) is 4.34. The molecule has 0 aliphatic carbocycles. The number of aryl methyl sites for hydroxylation is 1. The van der Waals surface area contributed by atoms with E-state index in [0.717, 1.165) is 23.0 Å². The second-order valence-electron chi connectivity index (χ2n) is 7.13. The molecule has 0 aromatic heterocycles. The first-order chi connectivity index (χ1) is 13.5. The summed E-state index contributed by atoms with van der Waals surface area (Å²) in [5.74, 6) is -0.0703. The van der Waals surface area contributed by atoms with Gasteiger partial charge in [0.1, 0.15) is 6.29 Å². The zero-order valence-electron chi connectivity index (χ0n) is 15.6. The van der Waals surface area contributed by atoms with Crippen LogP contribution in [0.15, 0.2) is 77.7 Å². The van der Waals surface area contributed by atoms with E-state index in [1.165, 1.54) is 4.31 Å². The highest BCUT2D eigenvalue weighted by Crippen LogP contribution is 2.42. The van der Waals surface area contributed by atoms with Gasteiger partial charge in [-0.25, -0.2) is 8.42 Å². The van der Waals surface area contributed by atoms with Gasteiger partial charge in [-0.05, 0) is 42.7 Å². The normalized spacial score (nSPS) is 16.0. The largest absolute Gasteiger partial charge is 0.298 e. The Bertz CT molecular complexity index is 1110. The number of sulfonamides is 1. The molecule has 28 heavy (non-hydrogen) atoms. The van der Waals surface area contributed by atoms with Gasteiger partial charge in [0, 0.05) is 18.0 Å². The van der Waals surface area contributed by atoms with Crippen LogP contribution in [0.1, 0.15) is 33.0 Å². The second-order valence-corrected chi connectivity index (χ2v) is 9.00. The average Bonchev–Trinajstić information content (AvgIpc) is 3.08. The molecule has 1 aliphatic rings. The molecular weight excluding hydrogens is 370 g/mol. The molecular formula is C23H21NO3S. The van der Waals surface area contributed by atoms with Gasteiger partial charge in [-0.1, -0.05) is 60.2 Å². The molecule has 0 amide bonds. The number of rotatable bonds is 5. The van der Waals surface area contributed by atoms with Gasteiger partial charge >= 0.3 is 0 Å². The predicted molar refractivity (Wildman–Crippen MR) is 110 cm³/mol. The zero-order valence-corrected chi connectivity index (χ0v) is 16.4. The number of aldehydes is 1. The number of anilines is 1. The smallest absolute Gasteiger partial charge is 0.264 e. The van der Waals surface area contributed by atoms with Crippen LogP contribution in [0.3, 0.4) is 0 Å². The summed E-state index contributed by atoms with van der Waals surface area (Å²) in [7, 11) is -3.70. The van der Waals surface area contributed by atoms with E-state index < -0.39 is 10.0 Å². The van der Waals surface area contributed by atoms with Crippen LogP contribution in [0, 0.1) is 6.92 Å². The number of carbonyl (C=O) groups is 1.